The third-order valence-electron chi connectivity index (χ3n) is 2.76. The van der Waals surface area contributed by atoms with E-state index in [0.717, 1.165) is 0 Å². The Morgan fingerprint density at radius 1 is 1.18 bits per heavy atom. The third kappa shape index (κ3) is 3.75. The van der Waals surface area contributed by atoms with Crippen LogP contribution in [0.25, 0.3) is 0 Å². The fourth-order valence-corrected chi connectivity index (χ4v) is 2.78. The Bertz CT molecular complexity index is 713. The first-order valence-corrected chi connectivity index (χ1v) is 8.03. The highest BCUT2D eigenvalue weighted by Gasteiger charge is 2.18. The van der Waals surface area contributed by atoms with E-state index in [1.807, 2.05) is 0 Å². The van der Waals surface area contributed by atoms with Crippen molar-refractivity contribution in [3.05, 3.63) is 56.5 Å². The van der Waals surface area contributed by atoms with E-state index >= 15 is 0 Å². The molecule has 114 valence electrons. The fraction of sp³-hybridized carbons (Fsp3) is 0.125. The van der Waals surface area contributed by atoms with Crippen molar-refractivity contribution in [2.75, 3.05) is 6.61 Å². The molecule has 22 heavy (non-hydrogen) atoms. The molecule has 0 bridgehead atoms. The lowest BCUT2D eigenvalue weighted by Crippen LogP contribution is -2.11. The van der Waals surface area contributed by atoms with Crippen LogP contribution in [0.1, 0.15) is 27.6 Å². The van der Waals surface area contributed by atoms with Gasteiger partial charge in [-0.1, -0.05) is 12.1 Å². The van der Waals surface area contributed by atoms with E-state index in [1.165, 1.54) is 6.07 Å². The van der Waals surface area contributed by atoms with Crippen molar-refractivity contribution < 1.29 is 19.1 Å². The van der Waals surface area contributed by atoms with E-state index in [1.54, 1.807) is 37.3 Å². The summed E-state index contributed by atoms with van der Waals surface area (Å²) < 4.78 is 12.0. The van der Waals surface area contributed by atoms with Gasteiger partial charge in [-0.25, -0.2) is 4.79 Å². The van der Waals surface area contributed by atoms with Gasteiger partial charge in [-0.05, 0) is 63.0 Å². The van der Waals surface area contributed by atoms with Gasteiger partial charge in [0.05, 0.1) is 16.6 Å². The first-order chi connectivity index (χ1) is 10.6. The maximum Gasteiger partial charge on any atom is 0.344 e. The predicted molar refractivity (Wildman–Crippen MR) is 89.8 cm³/mol. The van der Waals surface area contributed by atoms with Gasteiger partial charge in [0.1, 0.15) is 6.29 Å². The van der Waals surface area contributed by atoms with E-state index in [-0.39, 0.29) is 5.75 Å². The van der Waals surface area contributed by atoms with Crippen LogP contribution in [0.3, 0.4) is 0 Å². The van der Waals surface area contributed by atoms with Crippen LogP contribution >= 0.6 is 31.9 Å². The Hall–Kier alpha value is -1.66. The number of rotatable bonds is 5. The molecule has 2 aromatic rings. The molecule has 0 aromatic heterocycles. The predicted octanol–water partition coefficient (Wildman–Crippen LogP) is 4.64. The number of hydrogen-bond donors (Lipinski definition) is 0. The monoisotopic (exact) mass is 426 g/mol. The minimum Gasteiger partial charge on any atom is -0.490 e. The average Bonchev–Trinajstić information content (AvgIpc) is 2.50. The molecule has 4 nitrogen and oxygen atoms in total. The van der Waals surface area contributed by atoms with E-state index in [2.05, 4.69) is 31.9 Å². The maximum absolute atomic E-state index is 12.3. The van der Waals surface area contributed by atoms with Gasteiger partial charge in [0, 0.05) is 10.0 Å². The second-order valence-corrected chi connectivity index (χ2v) is 5.96. The van der Waals surface area contributed by atoms with Crippen LogP contribution in [0, 0.1) is 0 Å². The normalized spacial score (nSPS) is 10.1. The Balaban J connectivity index is 2.38. The second kappa shape index (κ2) is 7.56. The number of esters is 1. The van der Waals surface area contributed by atoms with E-state index in [4.69, 9.17) is 9.47 Å². The zero-order valence-electron chi connectivity index (χ0n) is 11.6. The fourth-order valence-electron chi connectivity index (χ4n) is 1.79. The highest BCUT2D eigenvalue weighted by Crippen LogP contribution is 2.37. The molecule has 0 aliphatic carbocycles. The molecule has 0 N–H and O–H groups in total. The number of hydrogen-bond acceptors (Lipinski definition) is 4. The summed E-state index contributed by atoms with van der Waals surface area (Å²) in [4.78, 5) is 23.2. The molecule has 6 heteroatoms. The molecule has 0 radical (unpaired) electrons. The Kier molecular flexibility index (Phi) is 5.74. The van der Waals surface area contributed by atoms with Crippen LogP contribution < -0.4 is 9.47 Å². The molecule has 0 spiro atoms. The van der Waals surface area contributed by atoms with Gasteiger partial charge in [-0.2, -0.15) is 0 Å². The summed E-state index contributed by atoms with van der Waals surface area (Å²) in [6.45, 7) is 2.19. The summed E-state index contributed by atoms with van der Waals surface area (Å²) in [5.74, 6) is 0.0561. The summed E-state index contributed by atoms with van der Waals surface area (Å²) in [7, 11) is 0. The zero-order chi connectivity index (χ0) is 16.1. The van der Waals surface area contributed by atoms with E-state index in [0.29, 0.717) is 38.7 Å². The topological polar surface area (TPSA) is 52.6 Å². The SMILES string of the molecule is CCOc1cc(C=O)cc(Br)c1OC(=O)c1ccccc1Br. The molecule has 2 rings (SSSR count). The molecule has 0 fully saturated rings. The van der Waals surface area contributed by atoms with E-state index in [9.17, 15) is 9.59 Å². The van der Waals surface area contributed by atoms with Crippen molar-refractivity contribution in [1.82, 2.24) is 0 Å². The third-order valence-corrected chi connectivity index (χ3v) is 4.04. The van der Waals surface area contributed by atoms with Crippen molar-refractivity contribution in [3.8, 4) is 11.5 Å². The van der Waals surface area contributed by atoms with Crippen molar-refractivity contribution >= 4 is 44.1 Å². The molecule has 0 unspecified atom stereocenters. The molecular formula is C16H12Br2O4. The number of aldehydes is 1. The summed E-state index contributed by atoms with van der Waals surface area (Å²) in [5.41, 5.74) is 0.826. The van der Waals surface area contributed by atoms with Crippen molar-refractivity contribution in [1.29, 1.82) is 0 Å². The van der Waals surface area contributed by atoms with Gasteiger partial charge in [-0.15, -0.1) is 0 Å². The summed E-state index contributed by atoms with van der Waals surface area (Å²) in [6.07, 6.45) is 0.701. The molecule has 0 aliphatic rings. The number of carbonyl (C=O) groups is 2. The number of benzene rings is 2. The van der Waals surface area contributed by atoms with Gasteiger partial charge in [0.25, 0.3) is 0 Å². The quantitative estimate of drug-likeness (QED) is 0.396. The molecule has 0 saturated heterocycles. The Morgan fingerprint density at radius 3 is 2.55 bits per heavy atom. The van der Waals surface area contributed by atoms with Crippen LogP contribution in [0.2, 0.25) is 0 Å². The van der Waals surface area contributed by atoms with Crippen LogP contribution in [0.5, 0.6) is 11.5 Å². The first-order valence-electron chi connectivity index (χ1n) is 6.45. The molecule has 0 saturated carbocycles. The lowest BCUT2D eigenvalue weighted by Gasteiger charge is -2.13. The van der Waals surface area contributed by atoms with Crippen LogP contribution in [-0.2, 0) is 0 Å². The molecule has 0 amide bonds. The minimum absolute atomic E-state index is 0.244. The lowest BCUT2D eigenvalue weighted by atomic mass is 10.2. The Morgan fingerprint density at radius 2 is 1.91 bits per heavy atom. The first kappa shape index (κ1) is 16.7. The van der Waals surface area contributed by atoms with Crippen molar-refractivity contribution in [2.24, 2.45) is 0 Å². The van der Waals surface area contributed by atoms with Crippen molar-refractivity contribution in [2.45, 2.75) is 6.92 Å². The number of carbonyl (C=O) groups excluding carboxylic acids is 2. The molecular weight excluding hydrogens is 416 g/mol. The van der Waals surface area contributed by atoms with Crippen LogP contribution in [0.15, 0.2) is 45.3 Å². The van der Waals surface area contributed by atoms with Crippen molar-refractivity contribution in [3.63, 3.8) is 0 Å². The molecule has 0 heterocycles. The highest BCUT2D eigenvalue weighted by molar-refractivity contribution is 9.10. The summed E-state index contributed by atoms with van der Waals surface area (Å²) in [5, 5.41) is 0. The number of halogens is 2. The average molecular weight is 428 g/mol. The van der Waals surface area contributed by atoms with Gasteiger partial charge >= 0.3 is 5.97 Å². The molecule has 0 atom stereocenters. The van der Waals surface area contributed by atoms with Gasteiger partial charge in [-0.3, -0.25) is 4.79 Å². The second-order valence-electron chi connectivity index (χ2n) is 4.25. The zero-order valence-corrected chi connectivity index (χ0v) is 14.8. The lowest BCUT2D eigenvalue weighted by molar-refractivity contribution is 0.0726. The highest BCUT2D eigenvalue weighted by atomic mass is 79.9. The molecule has 0 aliphatic heterocycles. The smallest absolute Gasteiger partial charge is 0.344 e. The maximum atomic E-state index is 12.3. The van der Waals surface area contributed by atoms with E-state index < -0.39 is 5.97 Å². The summed E-state index contributed by atoms with van der Waals surface area (Å²) >= 11 is 6.61. The Labute approximate surface area is 144 Å². The molecule has 2 aromatic carbocycles. The van der Waals surface area contributed by atoms with Crippen LogP contribution in [-0.4, -0.2) is 18.9 Å². The van der Waals surface area contributed by atoms with Gasteiger partial charge < -0.3 is 9.47 Å². The minimum atomic E-state index is -0.520. The number of ether oxygens (including phenoxy) is 2. The summed E-state index contributed by atoms with van der Waals surface area (Å²) in [6, 6.07) is 10.1. The standard InChI is InChI=1S/C16H12Br2O4/c1-2-21-14-8-10(9-19)7-13(18)15(14)22-16(20)11-5-3-4-6-12(11)17/h3-9H,2H2,1H3. The van der Waals surface area contributed by atoms with Gasteiger partial charge in [0.2, 0.25) is 0 Å². The largest absolute Gasteiger partial charge is 0.490 e. The van der Waals surface area contributed by atoms with Crippen LogP contribution in [0.4, 0.5) is 0 Å². The van der Waals surface area contributed by atoms with Gasteiger partial charge in [0.15, 0.2) is 11.5 Å².